The van der Waals surface area contributed by atoms with Gasteiger partial charge >= 0.3 is 0 Å². The van der Waals surface area contributed by atoms with Gasteiger partial charge in [0.25, 0.3) is 0 Å². The molecular weight excluding hydrogens is 226 g/mol. The summed E-state index contributed by atoms with van der Waals surface area (Å²) >= 11 is 0. The van der Waals surface area contributed by atoms with E-state index in [1.165, 1.54) is 18.4 Å². The fourth-order valence-corrected chi connectivity index (χ4v) is 2.28. The molecule has 1 aliphatic rings. The van der Waals surface area contributed by atoms with E-state index >= 15 is 0 Å². The summed E-state index contributed by atoms with van der Waals surface area (Å²) in [6.45, 7) is 2.12. The predicted octanol–water partition coefficient (Wildman–Crippen LogP) is 3.19. The number of nitrogens with zero attached hydrogens (tertiary/aromatic N) is 1. The number of carbonyl (C=O) groups excluding carboxylic acids is 1. The zero-order chi connectivity index (χ0) is 12.8. The molecule has 2 rings (SSSR count). The number of amides is 1. The molecular formula is C14H21N3O. The smallest absolute Gasteiger partial charge is 0.229 e. The van der Waals surface area contributed by atoms with E-state index in [9.17, 15) is 4.79 Å². The SMILES string of the molecule is CCCc1cc(NC(=O)CC2=CCCCC2)n[nH]1. The van der Waals surface area contributed by atoms with Crippen LogP contribution in [0.4, 0.5) is 5.82 Å². The van der Waals surface area contributed by atoms with Crippen LogP contribution in [0, 0.1) is 0 Å². The molecule has 0 unspecified atom stereocenters. The third-order valence-electron chi connectivity index (χ3n) is 3.19. The molecule has 0 fully saturated rings. The Morgan fingerprint density at radius 2 is 2.39 bits per heavy atom. The van der Waals surface area contributed by atoms with Crippen LogP contribution >= 0.6 is 0 Å². The summed E-state index contributed by atoms with van der Waals surface area (Å²) in [4.78, 5) is 11.8. The number of rotatable bonds is 5. The lowest BCUT2D eigenvalue weighted by molar-refractivity contribution is -0.115. The van der Waals surface area contributed by atoms with E-state index in [0.29, 0.717) is 12.2 Å². The highest BCUT2D eigenvalue weighted by Gasteiger charge is 2.10. The lowest BCUT2D eigenvalue weighted by Crippen LogP contribution is -2.13. The number of hydrogen-bond donors (Lipinski definition) is 2. The summed E-state index contributed by atoms with van der Waals surface area (Å²) in [6, 6.07) is 1.91. The number of aromatic amines is 1. The Balaban J connectivity index is 1.84. The van der Waals surface area contributed by atoms with Crippen molar-refractivity contribution >= 4 is 11.7 Å². The fraction of sp³-hybridized carbons (Fsp3) is 0.571. The number of aryl methyl sites for hydroxylation is 1. The molecule has 0 saturated carbocycles. The van der Waals surface area contributed by atoms with E-state index in [-0.39, 0.29) is 5.91 Å². The first-order valence-corrected chi connectivity index (χ1v) is 6.80. The number of carbonyl (C=O) groups is 1. The van der Waals surface area contributed by atoms with Crippen molar-refractivity contribution < 1.29 is 4.79 Å². The van der Waals surface area contributed by atoms with Crippen LogP contribution in [-0.4, -0.2) is 16.1 Å². The van der Waals surface area contributed by atoms with Crippen LogP contribution in [0.25, 0.3) is 0 Å². The highest BCUT2D eigenvalue weighted by Crippen LogP contribution is 2.20. The summed E-state index contributed by atoms with van der Waals surface area (Å²) in [6.07, 6.45) is 9.40. The van der Waals surface area contributed by atoms with Crippen molar-refractivity contribution in [2.75, 3.05) is 5.32 Å². The van der Waals surface area contributed by atoms with Crippen molar-refractivity contribution in [3.63, 3.8) is 0 Å². The van der Waals surface area contributed by atoms with Gasteiger partial charge < -0.3 is 5.32 Å². The molecule has 18 heavy (non-hydrogen) atoms. The molecule has 0 spiro atoms. The van der Waals surface area contributed by atoms with Crippen molar-refractivity contribution in [3.8, 4) is 0 Å². The molecule has 1 amide bonds. The lowest BCUT2D eigenvalue weighted by Gasteiger charge is -2.11. The molecule has 98 valence electrons. The van der Waals surface area contributed by atoms with Gasteiger partial charge in [0.15, 0.2) is 5.82 Å². The zero-order valence-electron chi connectivity index (χ0n) is 11.0. The maximum absolute atomic E-state index is 11.8. The van der Waals surface area contributed by atoms with Crippen molar-refractivity contribution in [2.45, 2.75) is 51.9 Å². The van der Waals surface area contributed by atoms with E-state index in [4.69, 9.17) is 0 Å². The Morgan fingerprint density at radius 1 is 1.50 bits per heavy atom. The Hall–Kier alpha value is -1.58. The van der Waals surface area contributed by atoms with Crippen LogP contribution in [0.3, 0.4) is 0 Å². The molecule has 0 atom stereocenters. The summed E-state index contributed by atoms with van der Waals surface area (Å²) in [5.41, 5.74) is 2.34. The minimum Gasteiger partial charge on any atom is -0.309 e. The Labute approximate surface area is 108 Å². The fourth-order valence-electron chi connectivity index (χ4n) is 2.28. The molecule has 1 aliphatic carbocycles. The Kier molecular flexibility index (Phi) is 4.56. The molecule has 0 aromatic carbocycles. The van der Waals surface area contributed by atoms with Gasteiger partial charge in [-0.25, -0.2) is 0 Å². The number of allylic oxidation sites excluding steroid dienone is 1. The van der Waals surface area contributed by atoms with Gasteiger partial charge in [0.1, 0.15) is 0 Å². The van der Waals surface area contributed by atoms with Gasteiger partial charge in [-0.15, -0.1) is 0 Å². The number of anilines is 1. The normalized spacial score (nSPS) is 15.3. The first-order valence-electron chi connectivity index (χ1n) is 6.80. The minimum atomic E-state index is 0.0395. The van der Waals surface area contributed by atoms with Crippen LogP contribution in [0.15, 0.2) is 17.7 Å². The minimum absolute atomic E-state index is 0.0395. The second-order valence-corrected chi connectivity index (χ2v) is 4.86. The zero-order valence-corrected chi connectivity index (χ0v) is 11.0. The Morgan fingerprint density at radius 3 is 3.11 bits per heavy atom. The van der Waals surface area contributed by atoms with Crippen LogP contribution in [0.1, 0.15) is 51.1 Å². The van der Waals surface area contributed by atoms with Gasteiger partial charge in [-0.05, 0) is 32.1 Å². The van der Waals surface area contributed by atoms with Crippen molar-refractivity contribution in [2.24, 2.45) is 0 Å². The molecule has 1 aromatic heterocycles. The number of H-pyrrole nitrogens is 1. The summed E-state index contributed by atoms with van der Waals surface area (Å²) in [5, 5.41) is 9.87. The van der Waals surface area contributed by atoms with E-state index < -0.39 is 0 Å². The second-order valence-electron chi connectivity index (χ2n) is 4.86. The van der Waals surface area contributed by atoms with Crippen LogP contribution in [-0.2, 0) is 11.2 Å². The van der Waals surface area contributed by atoms with Crippen molar-refractivity contribution in [1.82, 2.24) is 10.2 Å². The highest BCUT2D eigenvalue weighted by molar-refractivity contribution is 5.91. The number of nitrogens with one attached hydrogen (secondary N) is 2. The van der Waals surface area contributed by atoms with Crippen LogP contribution in [0.2, 0.25) is 0 Å². The quantitative estimate of drug-likeness (QED) is 0.785. The first-order chi connectivity index (χ1) is 8.78. The topological polar surface area (TPSA) is 57.8 Å². The molecule has 0 radical (unpaired) electrons. The monoisotopic (exact) mass is 247 g/mol. The molecule has 1 aromatic rings. The third kappa shape index (κ3) is 3.72. The summed E-state index contributed by atoms with van der Waals surface area (Å²) in [7, 11) is 0. The van der Waals surface area contributed by atoms with Gasteiger partial charge in [-0.3, -0.25) is 9.89 Å². The molecule has 4 heteroatoms. The summed E-state index contributed by atoms with van der Waals surface area (Å²) < 4.78 is 0. The molecule has 4 nitrogen and oxygen atoms in total. The van der Waals surface area contributed by atoms with E-state index in [1.807, 2.05) is 6.07 Å². The molecule has 1 heterocycles. The lowest BCUT2D eigenvalue weighted by atomic mass is 9.97. The van der Waals surface area contributed by atoms with Gasteiger partial charge in [0, 0.05) is 18.2 Å². The van der Waals surface area contributed by atoms with Crippen molar-refractivity contribution in [3.05, 3.63) is 23.4 Å². The van der Waals surface area contributed by atoms with Gasteiger partial charge in [0.2, 0.25) is 5.91 Å². The van der Waals surface area contributed by atoms with E-state index in [0.717, 1.165) is 31.4 Å². The second kappa shape index (κ2) is 6.38. The van der Waals surface area contributed by atoms with Crippen molar-refractivity contribution in [1.29, 1.82) is 0 Å². The molecule has 0 saturated heterocycles. The van der Waals surface area contributed by atoms with Gasteiger partial charge in [-0.2, -0.15) is 5.10 Å². The maximum Gasteiger partial charge on any atom is 0.229 e. The third-order valence-corrected chi connectivity index (χ3v) is 3.19. The standard InChI is InChI=1S/C14H21N3O/c1-2-6-12-10-13(17-16-12)15-14(18)9-11-7-4-3-5-8-11/h7,10H,2-6,8-9H2,1H3,(H2,15,16,17,18). The molecule has 0 aliphatic heterocycles. The highest BCUT2D eigenvalue weighted by atomic mass is 16.1. The average molecular weight is 247 g/mol. The first kappa shape index (κ1) is 12.9. The van der Waals surface area contributed by atoms with Crippen LogP contribution in [0.5, 0.6) is 0 Å². The number of aromatic nitrogens is 2. The van der Waals surface area contributed by atoms with E-state index in [1.54, 1.807) is 0 Å². The largest absolute Gasteiger partial charge is 0.309 e. The molecule has 0 bridgehead atoms. The maximum atomic E-state index is 11.8. The van der Waals surface area contributed by atoms with E-state index in [2.05, 4.69) is 28.5 Å². The average Bonchev–Trinajstić information content (AvgIpc) is 2.78. The molecule has 2 N–H and O–H groups in total. The predicted molar refractivity (Wildman–Crippen MR) is 72.4 cm³/mol. The van der Waals surface area contributed by atoms with Gasteiger partial charge in [0.05, 0.1) is 0 Å². The Bertz CT molecular complexity index is 434. The summed E-state index contributed by atoms with van der Waals surface area (Å²) in [5.74, 6) is 0.678. The number of hydrogen-bond acceptors (Lipinski definition) is 2. The van der Waals surface area contributed by atoms with Crippen LogP contribution < -0.4 is 5.32 Å². The van der Waals surface area contributed by atoms with Gasteiger partial charge in [-0.1, -0.05) is 25.0 Å².